The first-order valence-electron chi connectivity index (χ1n) is 7.00. The van der Waals surface area contributed by atoms with E-state index in [-0.39, 0.29) is 5.92 Å². The van der Waals surface area contributed by atoms with Crippen LogP contribution in [0.15, 0.2) is 28.7 Å². The van der Waals surface area contributed by atoms with Gasteiger partial charge in [0.2, 0.25) is 11.8 Å². The predicted octanol–water partition coefficient (Wildman–Crippen LogP) is 2.80. The number of aromatic nitrogens is 2. The van der Waals surface area contributed by atoms with E-state index in [1.165, 1.54) is 0 Å². The highest BCUT2D eigenvalue weighted by Crippen LogP contribution is 2.22. The van der Waals surface area contributed by atoms with Crippen LogP contribution in [-0.4, -0.2) is 34.5 Å². The zero-order chi connectivity index (χ0) is 14.7. The zero-order valence-corrected chi connectivity index (χ0v) is 12.3. The van der Waals surface area contributed by atoms with Crippen molar-refractivity contribution in [1.29, 1.82) is 0 Å². The first-order valence-corrected chi connectivity index (χ1v) is 7.38. The van der Waals surface area contributed by atoms with Crippen molar-refractivity contribution in [2.45, 2.75) is 19.4 Å². The summed E-state index contributed by atoms with van der Waals surface area (Å²) in [4.78, 5) is 13.0. The molecule has 0 unspecified atom stereocenters. The molecule has 1 fully saturated rings. The summed E-state index contributed by atoms with van der Waals surface area (Å²) in [7, 11) is 0. The lowest BCUT2D eigenvalue weighted by Gasteiger charge is -2.28. The number of carbonyl (C=O) groups excluding carboxylic acids is 1. The number of aldehydes is 1. The fourth-order valence-corrected chi connectivity index (χ4v) is 2.59. The van der Waals surface area contributed by atoms with Gasteiger partial charge in [-0.25, -0.2) is 0 Å². The Balaban J connectivity index is 1.63. The van der Waals surface area contributed by atoms with Crippen LogP contribution in [-0.2, 0) is 11.3 Å². The SMILES string of the molecule is O=CC1CCN(Cc2nnc(-c3ccc(Cl)cc3)o2)CC1. The number of carbonyl (C=O) groups is 1. The second-order valence-electron chi connectivity index (χ2n) is 5.26. The van der Waals surface area contributed by atoms with Crippen molar-refractivity contribution in [3.8, 4) is 11.5 Å². The maximum Gasteiger partial charge on any atom is 0.247 e. The number of halogens is 1. The van der Waals surface area contributed by atoms with Crippen molar-refractivity contribution in [1.82, 2.24) is 15.1 Å². The number of benzene rings is 1. The third kappa shape index (κ3) is 3.49. The number of piperidine rings is 1. The van der Waals surface area contributed by atoms with Crippen LogP contribution < -0.4 is 0 Å². The molecular weight excluding hydrogens is 290 g/mol. The van der Waals surface area contributed by atoms with E-state index in [1.54, 1.807) is 12.1 Å². The summed E-state index contributed by atoms with van der Waals surface area (Å²) in [6.45, 7) is 2.41. The second-order valence-corrected chi connectivity index (χ2v) is 5.69. The molecule has 0 saturated carbocycles. The largest absolute Gasteiger partial charge is 0.419 e. The third-order valence-corrected chi connectivity index (χ3v) is 3.99. The molecule has 5 nitrogen and oxygen atoms in total. The Morgan fingerprint density at radius 1 is 1.24 bits per heavy atom. The molecule has 21 heavy (non-hydrogen) atoms. The summed E-state index contributed by atoms with van der Waals surface area (Å²) >= 11 is 5.86. The van der Waals surface area contributed by atoms with E-state index in [2.05, 4.69) is 15.1 Å². The van der Waals surface area contributed by atoms with Crippen molar-refractivity contribution >= 4 is 17.9 Å². The van der Waals surface area contributed by atoms with Gasteiger partial charge < -0.3 is 9.21 Å². The number of rotatable bonds is 4. The number of nitrogens with zero attached hydrogens (tertiary/aromatic N) is 3. The summed E-state index contributed by atoms with van der Waals surface area (Å²) in [5, 5.41) is 8.83. The molecule has 1 saturated heterocycles. The van der Waals surface area contributed by atoms with Crippen molar-refractivity contribution in [3.63, 3.8) is 0 Å². The maximum atomic E-state index is 10.7. The lowest BCUT2D eigenvalue weighted by Crippen LogP contribution is -2.33. The van der Waals surface area contributed by atoms with Crippen molar-refractivity contribution in [2.24, 2.45) is 5.92 Å². The molecular formula is C15H16ClN3O2. The summed E-state index contributed by atoms with van der Waals surface area (Å²) in [6.07, 6.45) is 2.87. The van der Waals surface area contributed by atoms with Gasteiger partial charge in [-0.3, -0.25) is 4.90 Å². The highest BCUT2D eigenvalue weighted by atomic mass is 35.5. The van der Waals surface area contributed by atoms with E-state index in [4.69, 9.17) is 16.0 Å². The van der Waals surface area contributed by atoms with Crippen molar-refractivity contribution < 1.29 is 9.21 Å². The molecule has 1 aromatic heterocycles. The quantitative estimate of drug-likeness (QED) is 0.813. The van der Waals surface area contributed by atoms with E-state index in [0.29, 0.717) is 23.3 Å². The minimum Gasteiger partial charge on any atom is -0.419 e. The normalized spacial score (nSPS) is 17.0. The highest BCUT2D eigenvalue weighted by molar-refractivity contribution is 6.30. The molecule has 0 N–H and O–H groups in total. The molecule has 0 atom stereocenters. The molecule has 2 heterocycles. The van der Waals surface area contributed by atoms with Gasteiger partial charge >= 0.3 is 0 Å². The smallest absolute Gasteiger partial charge is 0.247 e. The molecule has 2 aromatic rings. The fraction of sp³-hybridized carbons (Fsp3) is 0.400. The van der Waals surface area contributed by atoms with Crippen LogP contribution in [0.1, 0.15) is 18.7 Å². The molecule has 0 aliphatic carbocycles. The van der Waals surface area contributed by atoms with Crippen molar-refractivity contribution in [2.75, 3.05) is 13.1 Å². The van der Waals surface area contributed by atoms with Crippen LogP contribution in [0.4, 0.5) is 0 Å². The van der Waals surface area contributed by atoms with Gasteiger partial charge in [0.15, 0.2) is 0 Å². The second kappa shape index (κ2) is 6.37. The lowest BCUT2D eigenvalue weighted by atomic mass is 9.99. The van der Waals surface area contributed by atoms with Gasteiger partial charge in [-0.2, -0.15) is 0 Å². The minimum absolute atomic E-state index is 0.202. The van der Waals surface area contributed by atoms with E-state index >= 15 is 0 Å². The minimum atomic E-state index is 0.202. The average molecular weight is 306 g/mol. The molecule has 6 heteroatoms. The zero-order valence-electron chi connectivity index (χ0n) is 11.5. The Labute approximate surface area is 127 Å². The summed E-state index contributed by atoms with van der Waals surface area (Å²) < 4.78 is 5.69. The van der Waals surface area contributed by atoms with Crippen LogP contribution >= 0.6 is 11.6 Å². The van der Waals surface area contributed by atoms with Crippen LogP contribution in [0.25, 0.3) is 11.5 Å². The Bertz CT molecular complexity index is 604. The van der Waals surface area contributed by atoms with E-state index in [0.717, 1.165) is 37.8 Å². The van der Waals surface area contributed by atoms with Gasteiger partial charge in [-0.15, -0.1) is 10.2 Å². The first-order chi connectivity index (χ1) is 10.2. The van der Waals surface area contributed by atoms with Crippen LogP contribution in [0.2, 0.25) is 5.02 Å². The average Bonchev–Trinajstić information content (AvgIpc) is 2.97. The monoisotopic (exact) mass is 305 g/mol. The van der Waals surface area contributed by atoms with Crippen LogP contribution in [0.3, 0.4) is 0 Å². The summed E-state index contributed by atoms with van der Waals surface area (Å²) in [5.74, 6) is 1.31. The maximum absolute atomic E-state index is 10.7. The summed E-state index contributed by atoms with van der Waals surface area (Å²) in [5.41, 5.74) is 0.859. The van der Waals surface area contributed by atoms with Gasteiger partial charge in [-0.05, 0) is 50.2 Å². The van der Waals surface area contributed by atoms with Gasteiger partial charge in [0.1, 0.15) is 6.29 Å². The Hall–Kier alpha value is -1.72. The molecule has 0 amide bonds. The lowest BCUT2D eigenvalue weighted by molar-refractivity contribution is -0.112. The molecule has 0 radical (unpaired) electrons. The third-order valence-electron chi connectivity index (χ3n) is 3.74. The standard InChI is InChI=1S/C15H16ClN3O2/c16-13-3-1-12(2-4-13)15-18-17-14(21-15)9-19-7-5-11(10-20)6-8-19/h1-4,10-11H,5-9H2. The van der Waals surface area contributed by atoms with E-state index in [1.807, 2.05) is 12.1 Å². The molecule has 3 rings (SSSR count). The van der Waals surface area contributed by atoms with Gasteiger partial charge in [0.05, 0.1) is 6.54 Å². The van der Waals surface area contributed by atoms with Gasteiger partial charge in [-0.1, -0.05) is 11.6 Å². The Morgan fingerprint density at radius 3 is 2.62 bits per heavy atom. The Morgan fingerprint density at radius 2 is 1.95 bits per heavy atom. The number of hydrogen-bond acceptors (Lipinski definition) is 5. The molecule has 1 aliphatic rings. The molecule has 0 bridgehead atoms. The van der Waals surface area contributed by atoms with Gasteiger partial charge in [0, 0.05) is 16.5 Å². The van der Waals surface area contributed by atoms with E-state index in [9.17, 15) is 4.79 Å². The van der Waals surface area contributed by atoms with Crippen LogP contribution in [0.5, 0.6) is 0 Å². The first kappa shape index (κ1) is 14.2. The number of likely N-dealkylation sites (tertiary alicyclic amines) is 1. The molecule has 1 aliphatic heterocycles. The van der Waals surface area contributed by atoms with Crippen LogP contribution in [0, 0.1) is 5.92 Å². The van der Waals surface area contributed by atoms with E-state index < -0.39 is 0 Å². The highest BCUT2D eigenvalue weighted by Gasteiger charge is 2.20. The summed E-state index contributed by atoms with van der Waals surface area (Å²) in [6, 6.07) is 7.31. The fourth-order valence-electron chi connectivity index (χ4n) is 2.47. The van der Waals surface area contributed by atoms with Crippen molar-refractivity contribution in [3.05, 3.63) is 35.2 Å². The Kier molecular flexibility index (Phi) is 4.31. The van der Waals surface area contributed by atoms with Gasteiger partial charge in [0.25, 0.3) is 0 Å². The number of hydrogen-bond donors (Lipinski definition) is 0. The topological polar surface area (TPSA) is 59.2 Å². The molecule has 0 spiro atoms. The molecule has 110 valence electrons. The molecule has 1 aromatic carbocycles. The predicted molar refractivity (Wildman–Crippen MR) is 78.8 cm³/mol.